The Hall–Kier alpha value is -1.32. The van der Waals surface area contributed by atoms with Crippen molar-refractivity contribution in [2.75, 3.05) is 26.2 Å². The molecule has 1 aliphatic rings. The first-order valence-corrected chi connectivity index (χ1v) is 9.86. The summed E-state index contributed by atoms with van der Waals surface area (Å²) in [5.74, 6) is 0. The lowest BCUT2D eigenvalue weighted by atomic mass is 10.2. The third-order valence-electron chi connectivity index (χ3n) is 3.87. The van der Waals surface area contributed by atoms with Crippen LogP contribution >= 0.6 is 11.3 Å². The van der Waals surface area contributed by atoms with Gasteiger partial charge in [-0.1, -0.05) is 30.3 Å². The predicted octanol–water partition coefficient (Wildman–Crippen LogP) is 1.06. The monoisotopic (exact) mass is 352 g/mol. The Morgan fingerprint density at radius 3 is 2.48 bits per heavy atom. The van der Waals surface area contributed by atoms with Crippen LogP contribution in [0.5, 0.6) is 0 Å². The standard InChI is InChI=1S/C15H20N4O2S2/c16-23(20,21)19-8-6-18(7-9-19)11-14-12-22-15(17-14)10-13-4-2-1-3-5-13/h1-5,12H,6-11H2,(H2,16,20,21). The molecule has 0 aliphatic carbocycles. The molecule has 2 heterocycles. The molecule has 0 radical (unpaired) electrons. The van der Waals surface area contributed by atoms with Crippen molar-refractivity contribution < 1.29 is 8.42 Å². The number of thiazole rings is 1. The summed E-state index contributed by atoms with van der Waals surface area (Å²) in [6, 6.07) is 10.3. The summed E-state index contributed by atoms with van der Waals surface area (Å²) in [6.07, 6.45) is 0.852. The van der Waals surface area contributed by atoms with E-state index in [2.05, 4.69) is 27.4 Å². The molecule has 2 N–H and O–H groups in total. The molecule has 124 valence electrons. The van der Waals surface area contributed by atoms with Gasteiger partial charge in [0.1, 0.15) is 0 Å². The molecule has 0 spiro atoms. The Balaban J connectivity index is 1.54. The minimum Gasteiger partial charge on any atom is -0.295 e. The summed E-state index contributed by atoms with van der Waals surface area (Å²) in [7, 11) is -3.56. The summed E-state index contributed by atoms with van der Waals surface area (Å²) in [6.45, 7) is 3.01. The Bertz CT molecular complexity index is 738. The van der Waals surface area contributed by atoms with Crippen LogP contribution in [0.1, 0.15) is 16.3 Å². The fourth-order valence-corrected chi connectivity index (χ4v) is 4.14. The van der Waals surface area contributed by atoms with Crippen molar-refractivity contribution in [3.63, 3.8) is 0 Å². The summed E-state index contributed by atoms with van der Waals surface area (Å²) in [5, 5.41) is 8.35. The molecule has 8 heteroatoms. The molecule has 0 bridgehead atoms. The molecule has 6 nitrogen and oxygen atoms in total. The maximum absolute atomic E-state index is 11.3. The van der Waals surface area contributed by atoms with Crippen molar-refractivity contribution in [2.24, 2.45) is 5.14 Å². The summed E-state index contributed by atoms with van der Waals surface area (Å²) >= 11 is 1.67. The van der Waals surface area contributed by atoms with Gasteiger partial charge in [-0.2, -0.15) is 12.7 Å². The molecule has 23 heavy (non-hydrogen) atoms. The zero-order valence-electron chi connectivity index (χ0n) is 12.8. The highest BCUT2D eigenvalue weighted by Gasteiger charge is 2.24. The number of nitrogens with two attached hydrogens (primary N) is 1. The third-order valence-corrected chi connectivity index (χ3v) is 5.86. The normalized spacial score (nSPS) is 17.4. The Labute approximate surface area is 140 Å². The van der Waals surface area contributed by atoms with Gasteiger partial charge >= 0.3 is 0 Å². The van der Waals surface area contributed by atoms with E-state index in [0.717, 1.165) is 23.7 Å². The van der Waals surface area contributed by atoms with Crippen LogP contribution in [0.3, 0.4) is 0 Å². The lowest BCUT2D eigenvalue weighted by Crippen LogP contribution is -2.50. The van der Waals surface area contributed by atoms with E-state index in [1.165, 1.54) is 9.87 Å². The Morgan fingerprint density at radius 2 is 1.83 bits per heavy atom. The molecule has 2 aromatic rings. The van der Waals surface area contributed by atoms with Crippen LogP contribution in [0, 0.1) is 0 Å². The SMILES string of the molecule is NS(=O)(=O)N1CCN(Cc2csc(Cc3ccccc3)n2)CC1. The molecule has 1 saturated heterocycles. The van der Waals surface area contributed by atoms with Crippen molar-refractivity contribution in [1.82, 2.24) is 14.2 Å². The van der Waals surface area contributed by atoms with Crippen LogP contribution < -0.4 is 5.14 Å². The third kappa shape index (κ3) is 4.58. The van der Waals surface area contributed by atoms with E-state index in [4.69, 9.17) is 5.14 Å². The highest BCUT2D eigenvalue weighted by Crippen LogP contribution is 2.17. The lowest BCUT2D eigenvalue weighted by Gasteiger charge is -2.32. The number of benzene rings is 1. The van der Waals surface area contributed by atoms with Gasteiger partial charge in [0.05, 0.1) is 10.7 Å². The quantitative estimate of drug-likeness (QED) is 0.872. The molecule has 0 saturated carbocycles. The topological polar surface area (TPSA) is 79.5 Å². The average Bonchev–Trinajstić information content (AvgIpc) is 2.95. The van der Waals surface area contributed by atoms with E-state index in [-0.39, 0.29) is 0 Å². The predicted molar refractivity (Wildman–Crippen MR) is 91.3 cm³/mol. The zero-order valence-corrected chi connectivity index (χ0v) is 14.4. The van der Waals surface area contributed by atoms with E-state index >= 15 is 0 Å². The van der Waals surface area contributed by atoms with Crippen molar-refractivity contribution >= 4 is 21.5 Å². The number of piperazine rings is 1. The van der Waals surface area contributed by atoms with Gasteiger partial charge in [0, 0.05) is 44.5 Å². The largest absolute Gasteiger partial charge is 0.295 e. The van der Waals surface area contributed by atoms with Crippen LogP contribution in [0.15, 0.2) is 35.7 Å². The number of nitrogens with zero attached hydrogens (tertiary/aromatic N) is 3. The molecular formula is C15H20N4O2S2. The minimum atomic E-state index is -3.56. The van der Waals surface area contributed by atoms with Crippen LogP contribution in [0.4, 0.5) is 0 Å². The summed E-state index contributed by atoms with van der Waals surface area (Å²) < 4.78 is 23.9. The molecule has 1 aromatic heterocycles. The van der Waals surface area contributed by atoms with Gasteiger partial charge < -0.3 is 0 Å². The molecular weight excluding hydrogens is 332 g/mol. The number of aromatic nitrogens is 1. The molecule has 0 atom stereocenters. The van der Waals surface area contributed by atoms with Gasteiger partial charge in [-0.3, -0.25) is 4.90 Å². The second kappa shape index (κ2) is 7.06. The van der Waals surface area contributed by atoms with Gasteiger partial charge in [0.15, 0.2) is 0 Å². The van der Waals surface area contributed by atoms with E-state index in [1.807, 2.05) is 18.2 Å². The van der Waals surface area contributed by atoms with Crippen molar-refractivity contribution in [1.29, 1.82) is 0 Å². The molecule has 1 aliphatic heterocycles. The Kier molecular flexibility index (Phi) is 5.08. The highest BCUT2D eigenvalue weighted by molar-refractivity contribution is 7.86. The highest BCUT2D eigenvalue weighted by atomic mass is 32.2. The second-order valence-electron chi connectivity index (χ2n) is 5.62. The molecule has 0 unspecified atom stereocenters. The average molecular weight is 352 g/mol. The van der Waals surface area contributed by atoms with Gasteiger partial charge in [-0.05, 0) is 5.56 Å². The van der Waals surface area contributed by atoms with Gasteiger partial charge in [-0.25, -0.2) is 10.1 Å². The maximum Gasteiger partial charge on any atom is 0.276 e. The molecule has 1 fully saturated rings. The fourth-order valence-electron chi connectivity index (χ4n) is 2.64. The fraction of sp³-hybridized carbons (Fsp3) is 0.400. The minimum absolute atomic E-state index is 0.444. The zero-order chi connectivity index (χ0) is 16.3. The van der Waals surface area contributed by atoms with E-state index in [9.17, 15) is 8.42 Å². The molecule has 1 aromatic carbocycles. The number of hydrogen-bond donors (Lipinski definition) is 1. The molecule has 3 rings (SSSR count). The molecule has 0 amide bonds. The smallest absolute Gasteiger partial charge is 0.276 e. The van der Waals surface area contributed by atoms with E-state index < -0.39 is 10.2 Å². The Morgan fingerprint density at radius 1 is 1.13 bits per heavy atom. The van der Waals surface area contributed by atoms with Crippen LogP contribution in [0.25, 0.3) is 0 Å². The van der Waals surface area contributed by atoms with E-state index in [0.29, 0.717) is 26.2 Å². The van der Waals surface area contributed by atoms with Gasteiger partial charge in [0.2, 0.25) is 0 Å². The first-order valence-electron chi connectivity index (χ1n) is 7.48. The van der Waals surface area contributed by atoms with Crippen molar-refractivity contribution in [3.8, 4) is 0 Å². The summed E-state index contributed by atoms with van der Waals surface area (Å²) in [5.41, 5.74) is 2.31. The van der Waals surface area contributed by atoms with E-state index in [1.54, 1.807) is 11.3 Å². The summed E-state index contributed by atoms with van der Waals surface area (Å²) in [4.78, 5) is 6.90. The number of rotatable bonds is 5. The lowest BCUT2D eigenvalue weighted by molar-refractivity contribution is 0.180. The van der Waals surface area contributed by atoms with Crippen molar-refractivity contribution in [3.05, 3.63) is 52.0 Å². The van der Waals surface area contributed by atoms with Crippen molar-refractivity contribution in [2.45, 2.75) is 13.0 Å². The van der Waals surface area contributed by atoms with Gasteiger partial charge in [0.25, 0.3) is 10.2 Å². The van der Waals surface area contributed by atoms with Crippen LogP contribution in [-0.4, -0.2) is 48.8 Å². The van der Waals surface area contributed by atoms with Crippen LogP contribution in [-0.2, 0) is 23.2 Å². The van der Waals surface area contributed by atoms with Crippen LogP contribution in [0.2, 0.25) is 0 Å². The first-order chi connectivity index (χ1) is 11.0. The number of hydrogen-bond acceptors (Lipinski definition) is 5. The van der Waals surface area contributed by atoms with Gasteiger partial charge in [-0.15, -0.1) is 11.3 Å². The second-order valence-corrected chi connectivity index (χ2v) is 8.10. The first kappa shape index (κ1) is 16.5. The maximum atomic E-state index is 11.3.